The molecule has 3 fully saturated rings. The van der Waals surface area contributed by atoms with E-state index in [2.05, 4.69) is 38.4 Å². The van der Waals surface area contributed by atoms with E-state index in [-0.39, 0.29) is 36.0 Å². The SMILES string of the molecule is CN=C(NCc1cccc(C(=O)NCC2CCCO2)c1)N1CCSC2(CCCCC2)C1.I. The van der Waals surface area contributed by atoms with E-state index in [1.807, 2.05) is 25.2 Å². The summed E-state index contributed by atoms with van der Waals surface area (Å²) in [5, 5.41) is 6.55. The number of nitrogens with zero attached hydrogens (tertiary/aromatic N) is 2. The molecule has 6 nitrogen and oxygen atoms in total. The third kappa shape index (κ3) is 6.76. The standard InChI is InChI=1S/C24H36N4O2S.HI/c1-25-23(28-12-14-31-24(18-28)10-3-2-4-11-24)27-16-19-7-5-8-20(15-19)22(29)26-17-21-9-6-13-30-21;/h5,7-8,15,21H,2-4,6,9-14,16-18H2,1H3,(H,25,27)(H,26,29);1H. The summed E-state index contributed by atoms with van der Waals surface area (Å²) in [6, 6.07) is 7.86. The van der Waals surface area contributed by atoms with Gasteiger partial charge in [-0.3, -0.25) is 9.79 Å². The van der Waals surface area contributed by atoms with E-state index < -0.39 is 0 Å². The first kappa shape index (κ1) is 25.6. The molecule has 2 N–H and O–H groups in total. The van der Waals surface area contributed by atoms with Crippen LogP contribution in [0.4, 0.5) is 0 Å². The number of halogens is 1. The molecular formula is C24H37IN4O2S. The van der Waals surface area contributed by atoms with Gasteiger partial charge in [0.1, 0.15) is 0 Å². The predicted octanol–water partition coefficient (Wildman–Crippen LogP) is 4.04. The average molecular weight is 573 g/mol. The van der Waals surface area contributed by atoms with Crippen LogP contribution in [-0.4, -0.2) is 66.7 Å². The first-order valence-corrected chi connectivity index (χ1v) is 12.7. The minimum Gasteiger partial charge on any atom is -0.376 e. The smallest absolute Gasteiger partial charge is 0.251 e. The number of nitrogens with one attached hydrogen (secondary N) is 2. The largest absolute Gasteiger partial charge is 0.376 e. The molecule has 1 spiro atoms. The Bertz CT molecular complexity index is 774. The van der Waals surface area contributed by atoms with Gasteiger partial charge in [-0.1, -0.05) is 31.4 Å². The van der Waals surface area contributed by atoms with Crippen LogP contribution in [0.1, 0.15) is 60.9 Å². The summed E-state index contributed by atoms with van der Waals surface area (Å²) in [4.78, 5) is 19.5. The average Bonchev–Trinajstić information content (AvgIpc) is 3.32. The highest BCUT2D eigenvalue weighted by Gasteiger charge is 2.38. The van der Waals surface area contributed by atoms with Gasteiger partial charge in [-0.25, -0.2) is 0 Å². The van der Waals surface area contributed by atoms with Gasteiger partial charge in [-0.15, -0.1) is 24.0 Å². The number of hydrogen-bond donors (Lipinski definition) is 2. The predicted molar refractivity (Wildman–Crippen MR) is 143 cm³/mol. The van der Waals surface area contributed by atoms with Crippen LogP contribution in [0, 0.1) is 0 Å². The molecule has 1 amide bonds. The fraction of sp³-hybridized carbons (Fsp3) is 0.667. The summed E-state index contributed by atoms with van der Waals surface area (Å²) in [6.07, 6.45) is 9.02. The van der Waals surface area contributed by atoms with E-state index in [1.54, 1.807) is 0 Å². The highest BCUT2D eigenvalue weighted by Crippen LogP contribution is 2.42. The second-order valence-electron chi connectivity index (χ2n) is 8.96. The van der Waals surface area contributed by atoms with Crippen molar-refractivity contribution in [2.75, 3.05) is 39.0 Å². The van der Waals surface area contributed by atoms with Crippen molar-refractivity contribution in [2.45, 2.75) is 62.3 Å². The van der Waals surface area contributed by atoms with Gasteiger partial charge in [0.25, 0.3) is 5.91 Å². The molecule has 2 aliphatic heterocycles. The monoisotopic (exact) mass is 572 g/mol. The van der Waals surface area contributed by atoms with Crippen molar-refractivity contribution in [1.82, 2.24) is 15.5 Å². The van der Waals surface area contributed by atoms with Crippen LogP contribution in [0.25, 0.3) is 0 Å². The first-order chi connectivity index (χ1) is 15.2. The van der Waals surface area contributed by atoms with E-state index >= 15 is 0 Å². The number of aliphatic imine (C=N–C) groups is 1. The number of ether oxygens (including phenoxy) is 1. The summed E-state index contributed by atoms with van der Waals surface area (Å²) < 4.78 is 6.01. The molecule has 0 bridgehead atoms. The summed E-state index contributed by atoms with van der Waals surface area (Å²) in [7, 11) is 1.87. The Morgan fingerprint density at radius 3 is 2.84 bits per heavy atom. The maximum atomic E-state index is 12.5. The van der Waals surface area contributed by atoms with Crippen molar-refractivity contribution in [1.29, 1.82) is 0 Å². The molecule has 1 aliphatic carbocycles. The maximum absolute atomic E-state index is 12.5. The molecule has 32 heavy (non-hydrogen) atoms. The molecule has 3 aliphatic rings. The van der Waals surface area contributed by atoms with Crippen molar-refractivity contribution in [3.63, 3.8) is 0 Å². The van der Waals surface area contributed by atoms with Crippen molar-refractivity contribution in [3.05, 3.63) is 35.4 Å². The molecule has 178 valence electrons. The minimum absolute atomic E-state index is 0. The fourth-order valence-corrected chi connectivity index (χ4v) is 6.54. The Morgan fingerprint density at radius 1 is 1.25 bits per heavy atom. The molecule has 1 atom stereocenters. The van der Waals surface area contributed by atoms with E-state index in [4.69, 9.17) is 4.74 Å². The van der Waals surface area contributed by atoms with Crippen LogP contribution in [0.2, 0.25) is 0 Å². The van der Waals surface area contributed by atoms with E-state index in [0.717, 1.165) is 44.1 Å². The lowest BCUT2D eigenvalue weighted by Crippen LogP contribution is -2.53. The molecule has 0 radical (unpaired) electrons. The van der Waals surface area contributed by atoms with Gasteiger partial charge >= 0.3 is 0 Å². The zero-order chi connectivity index (χ0) is 21.5. The number of thioether (sulfide) groups is 1. The van der Waals surface area contributed by atoms with Crippen LogP contribution in [0.3, 0.4) is 0 Å². The van der Waals surface area contributed by atoms with Gasteiger partial charge < -0.3 is 20.3 Å². The number of carbonyl (C=O) groups is 1. The molecule has 1 unspecified atom stereocenters. The lowest BCUT2D eigenvalue weighted by molar-refractivity contribution is 0.0857. The first-order valence-electron chi connectivity index (χ1n) is 11.8. The number of amides is 1. The quantitative estimate of drug-likeness (QED) is 0.317. The highest BCUT2D eigenvalue weighted by molar-refractivity contribution is 14.0. The second kappa shape index (κ2) is 12.5. The summed E-state index contributed by atoms with van der Waals surface area (Å²) in [5.74, 6) is 2.11. The maximum Gasteiger partial charge on any atom is 0.251 e. The molecule has 8 heteroatoms. The van der Waals surface area contributed by atoms with E-state index in [1.165, 1.54) is 37.9 Å². The normalized spacial score (nSPS) is 23.0. The molecule has 4 rings (SSSR count). The Hall–Kier alpha value is -1.00. The van der Waals surface area contributed by atoms with Gasteiger partial charge in [0.15, 0.2) is 5.96 Å². The van der Waals surface area contributed by atoms with Gasteiger partial charge in [-0.2, -0.15) is 11.8 Å². The van der Waals surface area contributed by atoms with Crippen LogP contribution >= 0.6 is 35.7 Å². The molecule has 1 aromatic carbocycles. The molecule has 0 aromatic heterocycles. The van der Waals surface area contributed by atoms with E-state index in [0.29, 0.717) is 23.4 Å². The Morgan fingerprint density at radius 2 is 2.09 bits per heavy atom. The van der Waals surface area contributed by atoms with Crippen LogP contribution in [-0.2, 0) is 11.3 Å². The minimum atomic E-state index is -0.0333. The molecular weight excluding hydrogens is 535 g/mol. The van der Waals surface area contributed by atoms with Gasteiger partial charge in [-0.05, 0) is 43.4 Å². The van der Waals surface area contributed by atoms with Crippen molar-refractivity contribution in [2.24, 2.45) is 4.99 Å². The summed E-state index contributed by atoms with van der Waals surface area (Å²) >= 11 is 2.17. The lowest BCUT2D eigenvalue weighted by atomic mass is 9.87. The van der Waals surface area contributed by atoms with Crippen molar-refractivity contribution in [3.8, 4) is 0 Å². The molecule has 2 saturated heterocycles. The number of carbonyl (C=O) groups excluding carboxylic acids is 1. The highest BCUT2D eigenvalue weighted by atomic mass is 127. The number of benzene rings is 1. The molecule has 1 saturated carbocycles. The van der Waals surface area contributed by atoms with Gasteiger partial charge in [0.2, 0.25) is 0 Å². The van der Waals surface area contributed by atoms with Gasteiger partial charge in [0.05, 0.1) is 6.10 Å². The number of rotatable bonds is 5. The third-order valence-corrected chi connectivity index (χ3v) is 8.22. The second-order valence-corrected chi connectivity index (χ2v) is 10.5. The molecule has 1 aromatic rings. The van der Waals surface area contributed by atoms with Gasteiger partial charge in [0, 0.05) is 55.9 Å². The Labute approximate surface area is 213 Å². The lowest BCUT2D eigenvalue weighted by Gasteiger charge is -2.45. The van der Waals surface area contributed by atoms with Crippen LogP contribution in [0.15, 0.2) is 29.3 Å². The topological polar surface area (TPSA) is 66.0 Å². The number of guanidine groups is 1. The Balaban J connectivity index is 0.00000289. The van der Waals surface area contributed by atoms with Crippen molar-refractivity contribution < 1.29 is 9.53 Å². The van der Waals surface area contributed by atoms with Crippen molar-refractivity contribution >= 4 is 47.6 Å². The summed E-state index contributed by atoms with van der Waals surface area (Å²) in [5.41, 5.74) is 1.78. The van der Waals surface area contributed by atoms with Crippen LogP contribution < -0.4 is 10.6 Å². The van der Waals surface area contributed by atoms with Crippen LogP contribution in [0.5, 0.6) is 0 Å². The van der Waals surface area contributed by atoms with E-state index in [9.17, 15) is 4.79 Å². The number of hydrogen-bond acceptors (Lipinski definition) is 4. The molecule has 2 heterocycles. The zero-order valence-corrected chi connectivity index (χ0v) is 22.3. The Kier molecular flexibility index (Phi) is 9.98. The zero-order valence-electron chi connectivity index (χ0n) is 19.1. The third-order valence-electron chi connectivity index (χ3n) is 6.68. The summed E-state index contributed by atoms with van der Waals surface area (Å²) in [6.45, 7) is 4.18. The fourth-order valence-electron chi connectivity index (χ4n) is 4.97.